The lowest BCUT2D eigenvalue weighted by Crippen LogP contribution is -2.23. The van der Waals surface area contributed by atoms with Crippen LogP contribution in [0.5, 0.6) is 5.75 Å². The van der Waals surface area contributed by atoms with Crippen molar-refractivity contribution >= 4 is 28.8 Å². The molecule has 3 rings (SSSR count). The van der Waals surface area contributed by atoms with Crippen molar-refractivity contribution in [1.82, 2.24) is 14.5 Å². The van der Waals surface area contributed by atoms with Crippen molar-refractivity contribution in [3.8, 4) is 11.4 Å². The van der Waals surface area contributed by atoms with Crippen LogP contribution in [0, 0.1) is 0 Å². The summed E-state index contributed by atoms with van der Waals surface area (Å²) >= 11 is 1.30. The first-order valence-corrected chi connectivity index (χ1v) is 11.2. The summed E-state index contributed by atoms with van der Waals surface area (Å²) in [6.45, 7) is 4.00. The summed E-state index contributed by atoms with van der Waals surface area (Å²) in [5.41, 5.74) is -0.0126. The van der Waals surface area contributed by atoms with Gasteiger partial charge >= 0.3 is 12.1 Å². The average molecular weight is 484 g/mol. The second-order valence-corrected chi connectivity index (χ2v) is 9.27. The highest BCUT2D eigenvalue weighted by molar-refractivity contribution is 7.99. The van der Waals surface area contributed by atoms with E-state index in [1.54, 1.807) is 33.0 Å². The molecule has 33 heavy (non-hydrogen) atoms. The molecule has 0 atom stereocenters. The lowest BCUT2D eigenvalue weighted by Gasteiger charge is -2.19. The lowest BCUT2D eigenvalue weighted by molar-refractivity contribution is -0.155. The number of alkyl halides is 3. The van der Waals surface area contributed by atoms with Crippen molar-refractivity contribution < 1.29 is 27.4 Å². The molecule has 0 unspecified atom stereocenters. The number of aromatic nitrogens is 3. The van der Waals surface area contributed by atoms with Crippen LogP contribution in [0.4, 0.5) is 13.2 Å². The summed E-state index contributed by atoms with van der Waals surface area (Å²) in [5, 5.41) is 0.772. The van der Waals surface area contributed by atoms with Gasteiger partial charge in [-0.05, 0) is 57.5 Å². The number of nitrogens with one attached hydrogen (secondary N) is 1. The van der Waals surface area contributed by atoms with E-state index in [1.165, 1.54) is 40.6 Å². The molecule has 0 bridgehead atoms. The fraction of sp³-hybridized carbons (Fsp3) is 0.409. The third-order valence-corrected chi connectivity index (χ3v) is 5.26. The van der Waals surface area contributed by atoms with Crippen LogP contribution in [0.3, 0.4) is 0 Å². The third kappa shape index (κ3) is 7.01. The lowest BCUT2D eigenvalue weighted by atomic mass is 10.2. The Hall–Kier alpha value is -2.95. The fourth-order valence-electron chi connectivity index (χ4n) is 2.93. The number of carbonyl (C=O) groups is 1. The minimum Gasteiger partial charge on any atom is -0.484 e. The van der Waals surface area contributed by atoms with Crippen LogP contribution >= 0.6 is 11.8 Å². The molecule has 178 valence electrons. The molecule has 0 fully saturated rings. The van der Waals surface area contributed by atoms with E-state index in [1.807, 2.05) is 0 Å². The van der Waals surface area contributed by atoms with Gasteiger partial charge in [-0.3, -0.25) is 14.2 Å². The van der Waals surface area contributed by atoms with E-state index in [2.05, 4.69) is 9.97 Å². The minimum atomic E-state index is -4.44. The van der Waals surface area contributed by atoms with Crippen LogP contribution < -0.4 is 10.3 Å². The molecule has 7 nitrogen and oxygen atoms in total. The van der Waals surface area contributed by atoms with Gasteiger partial charge < -0.3 is 14.5 Å². The van der Waals surface area contributed by atoms with Gasteiger partial charge in [0.15, 0.2) is 11.8 Å². The topological polar surface area (TPSA) is 86.2 Å². The number of benzene rings is 1. The molecular formula is C22H24F3N3O4S. The number of H-pyrrole nitrogens is 1. The molecule has 0 aliphatic carbocycles. The maximum Gasteiger partial charge on any atom is 0.422 e. The summed E-state index contributed by atoms with van der Waals surface area (Å²) in [6, 6.07) is 7.34. The Morgan fingerprint density at radius 1 is 1.15 bits per heavy atom. The number of ether oxygens (including phenoxy) is 2. The first-order valence-electron chi connectivity index (χ1n) is 10.2. The summed E-state index contributed by atoms with van der Waals surface area (Å²) < 4.78 is 48.5. The van der Waals surface area contributed by atoms with Crippen LogP contribution in [0.1, 0.15) is 33.6 Å². The van der Waals surface area contributed by atoms with Gasteiger partial charge in [0.25, 0.3) is 5.56 Å². The number of hydrogen-bond donors (Lipinski definition) is 1. The van der Waals surface area contributed by atoms with Crippen molar-refractivity contribution in [3.05, 3.63) is 46.9 Å². The zero-order valence-corrected chi connectivity index (χ0v) is 19.2. The van der Waals surface area contributed by atoms with Crippen LogP contribution in [-0.4, -0.2) is 44.6 Å². The third-order valence-electron chi connectivity index (χ3n) is 4.23. The van der Waals surface area contributed by atoms with Crippen LogP contribution in [0.15, 0.2) is 46.5 Å². The molecule has 1 aromatic carbocycles. The molecule has 0 amide bonds. The van der Waals surface area contributed by atoms with E-state index in [0.29, 0.717) is 34.1 Å². The molecule has 11 heteroatoms. The van der Waals surface area contributed by atoms with Crippen molar-refractivity contribution in [2.45, 2.75) is 50.5 Å². The quantitative estimate of drug-likeness (QED) is 0.213. The van der Waals surface area contributed by atoms with Gasteiger partial charge in [0, 0.05) is 18.4 Å². The van der Waals surface area contributed by atoms with Gasteiger partial charge in [0.2, 0.25) is 0 Å². The molecule has 0 aliphatic rings. The van der Waals surface area contributed by atoms with Crippen molar-refractivity contribution in [2.75, 3.05) is 12.4 Å². The monoisotopic (exact) mass is 483 g/mol. The Bertz CT molecular complexity index is 1160. The standard InChI is InChI=1S/C22H24F3N3O4S/c1-21(2,3)32-17(29)5-4-12-33-20-27-18-16(10-11-26-18)19(30)28(20)14-6-8-15(9-7-14)31-13-22(23,24)25/h6-11,26H,4-5,12-13H2,1-3H3. The second-order valence-electron chi connectivity index (χ2n) is 8.21. The molecule has 0 spiro atoms. The van der Waals surface area contributed by atoms with Crippen LogP contribution in [0.25, 0.3) is 16.7 Å². The predicted octanol–water partition coefficient (Wildman–Crippen LogP) is 4.87. The Balaban J connectivity index is 1.78. The molecule has 3 aromatic rings. The first kappa shape index (κ1) is 24.7. The Labute approximate surface area is 192 Å². The number of hydrogen-bond acceptors (Lipinski definition) is 6. The maximum atomic E-state index is 13.1. The SMILES string of the molecule is CC(C)(C)OC(=O)CCCSc1nc2[nH]ccc2c(=O)n1-c1ccc(OCC(F)(F)F)cc1. The molecule has 2 heterocycles. The molecule has 2 aromatic heterocycles. The number of aromatic amines is 1. The Kier molecular flexibility index (Phi) is 7.41. The molecule has 0 saturated carbocycles. The highest BCUT2D eigenvalue weighted by Gasteiger charge is 2.28. The largest absolute Gasteiger partial charge is 0.484 e. The first-order chi connectivity index (χ1) is 15.4. The highest BCUT2D eigenvalue weighted by atomic mass is 32.2. The number of esters is 1. The van der Waals surface area contributed by atoms with E-state index in [-0.39, 0.29) is 23.7 Å². The van der Waals surface area contributed by atoms with E-state index in [4.69, 9.17) is 9.47 Å². The summed E-state index contributed by atoms with van der Waals surface area (Å²) in [5.74, 6) is 0.235. The maximum absolute atomic E-state index is 13.1. The van der Waals surface area contributed by atoms with Gasteiger partial charge in [-0.15, -0.1) is 0 Å². The number of rotatable bonds is 8. The predicted molar refractivity (Wildman–Crippen MR) is 119 cm³/mol. The van der Waals surface area contributed by atoms with Crippen molar-refractivity contribution in [2.24, 2.45) is 0 Å². The molecule has 0 aliphatic heterocycles. The average Bonchev–Trinajstić information content (AvgIpc) is 3.17. The summed E-state index contributed by atoms with van der Waals surface area (Å²) in [7, 11) is 0. The number of thioether (sulfide) groups is 1. The van der Waals surface area contributed by atoms with Gasteiger partial charge in [-0.25, -0.2) is 4.98 Å². The van der Waals surface area contributed by atoms with E-state index < -0.39 is 18.4 Å². The number of nitrogens with zero attached hydrogens (tertiary/aromatic N) is 2. The smallest absolute Gasteiger partial charge is 0.422 e. The molecule has 0 saturated heterocycles. The number of halogens is 3. The molecule has 0 radical (unpaired) electrons. The number of carbonyl (C=O) groups excluding carboxylic acids is 1. The van der Waals surface area contributed by atoms with Crippen LogP contribution in [0.2, 0.25) is 0 Å². The molecule has 1 N–H and O–H groups in total. The second kappa shape index (κ2) is 9.90. The van der Waals surface area contributed by atoms with E-state index >= 15 is 0 Å². The molecular weight excluding hydrogens is 459 g/mol. The van der Waals surface area contributed by atoms with E-state index in [9.17, 15) is 22.8 Å². The van der Waals surface area contributed by atoms with Crippen molar-refractivity contribution in [1.29, 1.82) is 0 Å². The van der Waals surface area contributed by atoms with Gasteiger partial charge in [0.05, 0.1) is 11.1 Å². The normalized spacial score (nSPS) is 12.2. The zero-order valence-electron chi connectivity index (χ0n) is 18.4. The fourth-order valence-corrected chi connectivity index (χ4v) is 3.88. The Morgan fingerprint density at radius 3 is 2.48 bits per heavy atom. The number of fused-ring (bicyclic) bond motifs is 1. The van der Waals surface area contributed by atoms with E-state index in [0.717, 1.165) is 0 Å². The van der Waals surface area contributed by atoms with Crippen LogP contribution in [-0.2, 0) is 9.53 Å². The van der Waals surface area contributed by atoms with Gasteiger partial charge in [0.1, 0.15) is 17.0 Å². The zero-order chi connectivity index (χ0) is 24.2. The summed E-state index contributed by atoms with van der Waals surface area (Å²) in [4.78, 5) is 32.4. The van der Waals surface area contributed by atoms with Crippen molar-refractivity contribution in [3.63, 3.8) is 0 Å². The summed E-state index contributed by atoms with van der Waals surface area (Å²) in [6.07, 6.45) is -2.09. The van der Waals surface area contributed by atoms with Gasteiger partial charge in [-0.1, -0.05) is 11.8 Å². The van der Waals surface area contributed by atoms with Gasteiger partial charge in [-0.2, -0.15) is 13.2 Å². The Morgan fingerprint density at radius 2 is 1.85 bits per heavy atom. The highest BCUT2D eigenvalue weighted by Crippen LogP contribution is 2.24. The minimum absolute atomic E-state index is 0.0337.